The van der Waals surface area contributed by atoms with E-state index in [-0.39, 0.29) is 49.5 Å². The van der Waals surface area contributed by atoms with E-state index in [0.29, 0.717) is 79.8 Å². The Hall–Kier alpha value is -7.01. The monoisotopic (exact) mass is 1120 g/mol. The van der Waals surface area contributed by atoms with Gasteiger partial charge in [0.05, 0.1) is 66.5 Å². The number of likely N-dealkylation sites (tertiary alicyclic amines) is 1. The number of rotatable bonds is 28. The number of carbonyl (C=O) groups excluding carboxylic acids is 4. The summed E-state index contributed by atoms with van der Waals surface area (Å²) >= 11 is 1.58. The van der Waals surface area contributed by atoms with E-state index in [2.05, 4.69) is 58.8 Å². The molecule has 1 fully saturated rings. The molecule has 4 aromatic heterocycles. The van der Waals surface area contributed by atoms with Gasteiger partial charge in [-0.25, -0.2) is 24.1 Å². The Morgan fingerprint density at radius 1 is 0.887 bits per heavy atom. The second kappa shape index (κ2) is 28.9. The van der Waals surface area contributed by atoms with Crippen molar-refractivity contribution in [1.82, 2.24) is 55.8 Å². The highest BCUT2D eigenvalue weighted by atomic mass is 32.1. The van der Waals surface area contributed by atoms with Crippen molar-refractivity contribution in [2.24, 2.45) is 5.41 Å². The average Bonchev–Trinajstić information content (AvgIpc) is 4.21. The van der Waals surface area contributed by atoms with E-state index in [1.165, 1.54) is 11.0 Å². The molecule has 6 aromatic rings. The molecule has 80 heavy (non-hydrogen) atoms. The zero-order valence-electron chi connectivity index (χ0n) is 47.4. The number of urea groups is 1. The third-order valence-corrected chi connectivity index (χ3v) is 15.0. The summed E-state index contributed by atoms with van der Waals surface area (Å²) in [6.45, 7) is 18.2. The maximum absolute atomic E-state index is 15.0. The van der Waals surface area contributed by atoms with Crippen molar-refractivity contribution in [3.63, 3.8) is 0 Å². The fourth-order valence-electron chi connectivity index (χ4n) is 9.52. The van der Waals surface area contributed by atoms with Crippen LogP contribution in [0.4, 0.5) is 20.8 Å². The normalized spacial score (nSPS) is 15.2. The molecule has 22 heteroatoms. The van der Waals surface area contributed by atoms with E-state index in [0.717, 1.165) is 71.3 Å². The van der Waals surface area contributed by atoms with Crippen LogP contribution < -0.4 is 26.6 Å². The van der Waals surface area contributed by atoms with Crippen molar-refractivity contribution >= 4 is 57.8 Å². The summed E-state index contributed by atoms with van der Waals surface area (Å²) in [6, 6.07) is 10.3. The smallest absolute Gasteiger partial charge is 0.319 e. The molecule has 2 aromatic carbocycles. The molecule has 1 unspecified atom stereocenters. The molecule has 1 saturated heterocycles. The van der Waals surface area contributed by atoms with Gasteiger partial charge >= 0.3 is 6.03 Å². The summed E-state index contributed by atoms with van der Waals surface area (Å²) in [5.74, 6) is -1.12. The van der Waals surface area contributed by atoms with Crippen molar-refractivity contribution < 1.29 is 38.1 Å². The summed E-state index contributed by atoms with van der Waals surface area (Å²) in [5, 5.41) is 34.4. The number of anilines is 2. The molecule has 5 heterocycles. The van der Waals surface area contributed by atoms with Crippen LogP contribution in [0.25, 0.3) is 32.6 Å². The minimum Gasteiger partial charge on any atom is -0.391 e. The number of aliphatic hydroxyl groups is 1. The van der Waals surface area contributed by atoms with Crippen molar-refractivity contribution in [3.05, 3.63) is 94.4 Å². The minimum absolute atomic E-state index is 0.000721. The predicted octanol–water partition coefficient (Wildman–Crippen LogP) is 8.75. The van der Waals surface area contributed by atoms with Crippen LogP contribution in [-0.2, 0) is 37.0 Å². The Morgan fingerprint density at radius 3 is 2.41 bits per heavy atom. The van der Waals surface area contributed by atoms with Crippen LogP contribution in [0.15, 0.2) is 60.4 Å². The molecule has 0 saturated carbocycles. The van der Waals surface area contributed by atoms with E-state index in [9.17, 15) is 28.7 Å². The van der Waals surface area contributed by atoms with Gasteiger partial charge in [0.15, 0.2) is 5.65 Å². The number of aryl methyl sites for hydroxylation is 4. The highest BCUT2D eigenvalue weighted by Gasteiger charge is 2.44. The number of nitrogens with zero attached hydrogens (tertiary/aromatic N) is 8. The van der Waals surface area contributed by atoms with Crippen LogP contribution >= 0.6 is 11.3 Å². The number of hydrogen-bond acceptors (Lipinski definition) is 15. The van der Waals surface area contributed by atoms with Gasteiger partial charge in [0.25, 0.3) is 0 Å². The van der Waals surface area contributed by atoms with E-state index in [1.807, 2.05) is 90.5 Å². The third kappa shape index (κ3) is 17.0. The molecular formula is C58H78FN13O7S. The number of halogens is 1. The van der Waals surface area contributed by atoms with Crippen molar-refractivity contribution in [3.8, 4) is 21.6 Å². The number of benzene rings is 2. The van der Waals surface area contributed by atoms with Gasteiger partial charge in [-0.3, -0.25) is 19.1 Å². The number of hydrogen-bond donors (Lipinski definition) is 6. The summed E-state index contributed by atoms with van der Waals surface area (Å²) < 4.78 is 28.2. The van der Waals surface area contributed by atoms with Gasteiger partial charge < -0.3 is 46.1 Å². The number of aromatic nitrogens is 7. The molecule has 4 atom stereocenters. The molecule has 0 spiro atoms. The van der Waals surface area contributed by atoms with Gasteiger partial charge in [-0.2, -0.15) is 4.98 Å². The maximum atomic E-state index is 15.0. The first kappa shape index (κ1) is 60.6. The molecule has 5 amide bonds. The molecule has 7 rings (SSSR count). The molecule has 6 N–H and O–H groups in total. The first-order valence-corrected chi connectivity index (χ1v) is 28.6. The quantitative estimate of drug-likeness (QED) is 0.0251. The molecule has 430 valence electrons. The van der Waals surface area contributed by atoms with Crippen LogP contribution in [0.2, 0.25) is 0 Å². The first-order valence-electron chi connectivity index (χ1n) is 27.7. The number of pyridine rings is 1. The van der Waals surface area contributed by atoms with E-state index < -0.39 is 41.4 Å². The predicted molar refractivity (Wildman–Crippen MR) is 307 cm³/mol. The largest absolute Gasteiger partial charge is 0.391 e. The van der Waals surface area contributed by atoms with Gasteiger partial charge in [-0.15, -0.1) is 16.4 Å². The fraction of sp³-hybridized carbons (Fsp3) is 0.517. The van der Waals surface area contributed by atoms with Gasteiger partial charge in [0, 0.05) is 61.9 Å². The van der Waals surface area contributed by atoms with Crippen LogP contribution in [0.1, 0.15) is 127 Å². The summed E-state index contributed by atoms with van der Waals surface area (Å²) in [6.07, 6.45) is 9.19. The van der Waals surface area contributed by atoms with Gasteiger partial charge in [-0.1, -0.05) is 82.9 Å². The van der Waals surface area contributed by atoms with Crippen LogP contribution in [0.3, 0.4) is 0 Å². The minimum atomic E-state index is -0.902. The maximum Gasteiger partial charge on any atom is 0.319 e. The number of ether oxygens (including phenoxy) is 2. The number of amides is 5. The number of carbonyl (C=O) groups is 4. The SMILES string of the molecule is CCCCCCNC(=O)Nc1cc(-c2cc3cnc(NCCOCCOCc4cn(CCCCCC(=O)NC(C(=O)N5C[C@H](O)C[C@H]5C(=O)N[C@@H](C)c5ccc(-c6scnc6C)cc5)C(C)(C)C)nn4)nc3nc2C)c(C)cc1F. The van der Waals surface area contributed by atoms with E-state index >= 15 is 0 Å². The standard InChI is InChI=1S/C58H78FN13O7S/c1-9-10-11-14-21-61-57(77)66-48-30-45(36(2)27-47(48)59)46-28-42-31-62-56(68-53(42)64-38(46)4)60-22-24-78-25-26-79-34-43-32-71(70-69-43)23-15-12-13-16-50(74)67-52(58(6,7)8)55(76)72-33-44(73)29-49(72)54(75)65-37(3)40-17-19-41(20-18-40)51-39(5)63-35-80-51/h17-20,27-28,30-32,35,37,44,49,52,73H,9-16,21-26,29,33-34H2,1-8H3,(H,65,75)(H,67,74)(H2,61,66,77)(H,60,62,64,68)/t37-,44+,49-,52?/m0/s1. The van der Waals surface area contributed by atoms with E-state index in [4.69, 9.17) is 14.5 Å². The average molecular weight is 1120 g/mol. The molecule has 20 nitrogen and oxygen atoms in total. The Labute approximate surface area is 471 Å². The lowest BCUT2D eigenvalue weighted by Gasteiger charge is -2.35. The van der Waals surface area contributed by atoms with Crippen molar-refractivity contribution in [1.29, 1.82) is 0 Å². The Morgan fingerprint density at radius 2 is 1.66 bits per heavy atom. The van der Waals surface area contributed by atoms with Crippen LogP contribution in [0.5, 0.6) is 0 Å². The van der Waals surface area contributed by atoms with Crippen LogP contribution in [-0.4, -0.2) is 126 Å². The van der Waals surface area contributed by atoms with Gasteiger partial charge in [-0.05, 0) is 92.8 Å². The second-order valence-electron chi connectivity index (χ2n) is 21.6. The molecule has 1 aliphatic rings. The molecule has 0 bridgehead atoms. The highest BCUT2D eigenvalue weighted by Crippen LogP contribution is 2.33. The van der Waals surface area contributed by atoms with Crippen molar-refractivity contribution in [2.45, 2.75) is 151 Å². The third-order valence-electron chi connectivity index (χ3n) is 14.0. The van der Waals surface area contributed by atoms with Gasteiger partial charge in [0.1, 0.15) is 23.6 Å². The Balaban J connectivity index is 0.765. The number of fused-ring (bicyclic) bond motifs is 1. The number of thiazole rings is 1. The molecule has 1 aliphatic heterocycles. The lowest BCUT2D eigenvalue weighted by Crippen LogP contribution is -2.57. The Kier molecular flexibility index (Phi) is 21.9. The second-order valence-corrected chi connectivity index (χ2v) is 22.4. The summed E-state index contributed by atoms with van der Waals surface area (Å²) in [5.41, 5.74) is 8.27. The highest BCUT2D eigenvalue weighted by molar-refractivity contribution is 7.13. The molecular weight excluding hydrogens is 1040 g/mol. The topological polar surface area (TPSA) is 253 Å². The lowest BCUT2D eigenvalue weighted by molar-refractivity contribution is -0.144. The van der Waals surface area contributed by atoms with Crippen molar-refractivity contribution in [2.75, 3.05) is 50.1 Å². The summed E-state index contributed by atoms with van der Waals surface area (Å²) in [7, 11) is 0. The summed E-state index contributed by atoms with van der Waals surface area (Å²) in [4.78, 5) is 74.2. The Bertz CT molecular complexity index is 3040. The fourth-order valence-corrected chi connectivity index (χ4v) is 10.3. The molecule has 0 radical (unpaired) electrons. The van der Waals surface area contributed by atoms with E-state index in [1.54, 1.807) is 28.3 Å². The van der Waals surface area contributed by atoms with Gasteiger partial charge in [0.2, 0.25) is 23.7 Å². The number of aliphatic hydroxyl groups excluding tert-OH is 1. The lowest BCUT2D eigenvalue weighted by atomic mass is 9.85. The number of β-amino-alcohol motifs (C(OH)–C–C–N with tert-alkyl or cyclic N) is 1. The van der Waals surface area contributed by atoms with Crippen LogP contribution in [0, 0.1) is 32.0 Å². The zero-order valence-corrected chi connectivity index (χ0v) is 48.2. The number of unbranched alkanes of at least 4 members (excludes halogenated alkanes) is 5. The first-order chi connectivity index (χ1) is 38.4. The zero-order chi connectivity index (χ0) is 57.3. The molecule has 0 aliphatic carbocycles. The number of nitrogens with one attached hydrogen (secondary N) is 5.